The number of nitrogens with one attached hydrogen (secondary N) is 1. The second-order valence-corrected chi connectivity index (χ2v) is 6.50. The van der Waals surface area contributed by atoms with Crippen LogP contribution in [-0.2, 0) is 0 Å². The zero-order chi connectivity index (χ0) is 11.4. The first-order valence-corrected chi connectivity index (χ1v) is 7.44. The molecule has 1 aromatic heterocycles. The summed E-state index contributed by atoms with van der Waals surface area (Å²) < 4.78 is 0.888. The fraction of sp³-hybridized carbons (Fsp3) is 0.692. The van der Waals surface area contributed by atoms with E-state index in [1.807, 2.05) is 6.07 Å². The van der Waals surface area contributed by atoms with E-state index in [1.54, 1.807) is 11.3 Å². The molecule has 1 atom stereocenters. The quantitative estimate of drug-likeness (QED) is 0.811. The Morgan fingerprint density at radius 2 is 2.19 bits per heavy atom. The van der Waals surface area contributed by atoms with Gasteiger partial charge in [-0.25, -0.2) is 0 Å². The Morgan fingerprint density at radius 1 is 1.44 bits per heavy atom. The van der Waals surface area contributed by atoms with Crippen molar-refractivity contribution in [3.05, 3.63) is 21.3 Å². The van der Waals surface area contributed by atoms with Crippen molar-refractivity contribution in [2.75, 3.05) is 6.54 Å². The zero-order valence-electron chi connectivity index (χ0n) is 9.84. The van der Waals surface area contributed by atoms with Crippen molar-refractivity contribution in [2.45, 2.75) is 45.1 Å². The third-order valence-corrected chi connectivity index (χ3v) is 4.91. The van der Waals surface area contributed by atoms with Gasteiger partial charge in [-0.3, -0.25) is 0 Å². The molecule has 0 saturated heterocycles. The van der Waals surface area contributed by atoms with Gasteiger partial charge in [-0.1, -0.05) is 37.3 Å². The molecule has 1 fully saturated rings. The summed E-state index contributed by atoms with van der Waals surface area (Å²) in [5.41, 5.74) is 0. The lowest BCUT2D eigenvalue weighted by Crippen LogP contribution is -2.20. The van der Waals surface area contributed by atoms with Gasteiger partial charge in [0.15, 0.2) is 0 Å². The van der Waals surface area contributed by atoms with Crippen molar-refractivity contribution < 1.29 is 0 Å². The van der Waals surface area contributed by atoms with Crippen molar-refractivity contribution in [3.8, 4) is 0 Å². The average molecular weight is 258 g/mol. The van der Waals surface area contributed by atoms with Crippen LogP contribution in [0.3, 0.4) is 0 Å². The van der Waals surface area contributed by atoms with Crippen molar-refractivity contribution in [2.24, 2.45) is 5.92 Å². The normalized spacial score (nSPS) is 19.1. The van der Waals surface area contributed by atoms with Crippen LogP contribution in [0.1, 0.15) is 49.9 Å². The summed E-state index contributed by atoms with van der Waals surface area (Å²) in [5, 5.41) is 3.59. The second-order valence-electron chi connectivity index (χ2n) is 4.76. The van der Waals surface area contributed by atoms with Crippen molar-refractivity contribution in [3.63, 3.8) is 0 Å². The van der Waals surface area contributed by atoms with Gasteiger partial charge in [0, 0.05) is 10.9 Å². The van der Waals surface area contributed by atoms with E-state index in [4.69, 9.17) is 11.6 Å². The Hall–Kier alpha value is -0.0500. The number of thiophene rings is 1. The maximum absolute atomic E-state index is 5.93. The summed E-state index contributed by atoms with van der Waals surface area (Å²) in [5.74, 6) is 0.978. The van der Waals surface area contributed by atoms with Gasteiger partial charge in [0.1, 0.15) is 0 Å². The number of hydrogen-bond acceptors (Lipinski definition) is 2. The van der Waals surface area contributed by atoms with Crippen molar-refractivity contribution in [1.29, 1.82) is 0 Å². The molecule has 0 spiro atoms. The minimum Gasteiger partial charge on any atom is -0.309 e. The summed E-state index contributed by atoms with van der Waals surface area (Å²) >= 11 is 7.61. The number of rotatable bonds is 5. The fourth-order valence-corrected chi connectivity index (χ4v) is 3.55. The first-order chi connectivity index (χ1) is 7.75. The molecule has 1 aliphatic rings. The lowest BCUT2D eigenvalue weighted by atomic mass is 10.0. The SMILES string of the molecule is CC(NCCC1CCCC1)c1ccc(Cl)s1. The predicted octanol–water partition coefficient (Wildman–Crippen LogP) is 4.63. The molecule has 0 aromatic carbocycles. The van der Waals surface area contributed by atoms with E-state index in [-0.39, 0.29) is 0 Å². The highest BCUT2D eigenvalue weighted by molar-refractivity contribution is 7.16. The van der Waals surface area contributed by atoms with Crippen LogP contribution >= 0.6 is 22.9 Å². The van der Waals surface area contributed by atoms with Gasteiger partial charge in [0.05, 0.1) is 4.34 Å². The molecule has 1 saturated carbocycles. The highest BCUT2D eigenvalue weighted by Gasteiger charge is 2.15. The Balaban J connectivity index is 1.69. The zero-order valence-corrected chi connectivity index (χ0v) is 11.4. The molecule has 3 heteroatoms. The first kappa shape index (κ1) is 12.4. The highest BCUT2D eigenvalue weighted by Crippen LogP contribution is 2.28. The van der Waals surface area contributed by atoms with Gasteiger partial charge in [0.2, 0.25) is 0 Å². The van der Waals surface area contributed by atoms with Crippen LogP contribution in [0.5, 0.6) is 0 Å². The van der Waals surface area contributed by atoms with E-state index in [0.29, 0.717) is 6.04 Å². The summed E-state index contributed by atoms with van der Waals surface area (Å²) in [6, 6.07) is 4.55. The Morgan fingerprint density at radius 3 is 2.81 bits per heavy atom. The fourth-order valence-electron chi connectivity index (χ4n) is 2.46. The summed E-state index contributed by atoms with van der Waals surface area (Å²) in [7, 11) is 0. The van der Waals surface area contributed by atoms with Crippen LogP contribution in [0, 0.1) is 5.92 Å². The second kappa shape index (κ2) is 6.04. The van der Waals surface area contributed by atoms with Gasteiger partial charge < -0.3 is 5.32 Å². The van der Waals surface area contributed by atoms with Gasteiger partial charge in [-0.2, -0.15) is 0 Å². The maximum atomic E-state index is 5.93. The van der Waals surface area contributed by atoms with E-state index in [0.717, 1.165) is 16.8 Å². The Labute approximate surface area is 107 Å². The maximum Gasteiger partial charge on any atom is 0.0931 e. The molecule has 1 unspecified atom stereocenters. The van der Waals surface area contributed by atoms with Crippen LogP contribution in [0.2, 0.25) is 4.34 Å². The summed E-state index contributed by atoms with van der Waals surface area (Å²) in [4.78, 5) is 1.34. The molecule has 1 heterocycles. The third-order valence-electron chi connectivity index (χ3n) is 3.50. The molecule has 0 radical (unpaired) electrons. The van der Waals surface area contributed by atoms with E-state index in [1.165, 1.54) is 37.0 Å². The molecular weight excluding hydrogens is 238 g/mol. The third kappa shape index (κ3) is 3.47. The Bertz CT molecular complexity index is 317. The van der Waals surface area contributed by atoms with Gasteiger partial charge in [-0.15, -0.1) is 11.3 Å². The van der Waals surface area contributed by atoms with Crippen LogP contribution in [0.25, 0.3) is 0 Å². The van der Waals surface area contributed by atoms with E-state index >= 15 is 0 Å². The lowest BCUT2D eigenvalue weighted by Gasteiger charge is -2.14. The van der Waals surface area contributed by atoms with Crippen molar-refractivity contribution >= 4 is 22.9 Å². The van der Waals surface area contributed by atoms with E-state index in [2.05, 4.69) is 18.3 Å². The van der Waals surface area contributed by atoms with E-state index in [9.17, 15) is 0 Å². The van der Waals surface area contributed by atoms with Gasteiger partial charge >= 0.3 is 0 Å². The van der Waals surface area contributed by atoms with Gasteiger partial charge in [0.25, 0.3) is 0 Å². The van der Waals surface area contributed by atoms with Crippen LogP contribution in [0.4, 0.5) is 0 Å². The molecule has 1 N–H and O–H groups in total. The van der Waals surface area contributed by atoms with Crippen LogP contribution in [-0.4, -0.2) is 6.54 Å². The molecular formula is C13H20ClNS. The minimum absolute atomic E-state index is 0.443. The standard InChI is InChI=1S/C13H20ClNS/c1-10(12-6-7-13(14)16-12)15-9-8-11-4-2-3-5-11/h6-7,10-11,15H,2-5,8-9H2,1H3. The van der Waals surface area contributed by atoms with Crippen LogP contribution in [0.15, 0.2) is 12.1 Å². The minimum atomic E-state index is 0.443. The molecule has 90 valence electrons. The molecule has 1 aliphatic carbocycles. The first-order valence-electron chi connectivity index (χ1n) is 6.24. The Kier molecular flexibility index (Phi) is 4.68. The summed E-state index contributed by atoms with van der Waals surface area (Å²) in [6.07, 6.45) is 7.12. The molecule has 0 amide bonds. The monoisotopic (exact) mass is 257 g/mol. The molecule has 1 aromatic rings. The molecule has 1 nitrogen and oxygen atoms in total. The van der Waals surface area contributed by atoms with Gasteiger partial charge in [-0.05, 0) is 37.9 Å². The number of hydrogen-bond donors (Lipinski definition) is 1. The molecule has 2 rings (SSSR count). The average Bonchev–Trinajstić information content (AvgIpc) is 2.89. The highest BCUT2D eigenvalue weighted by atomic mass is 35.5. The van der Waals surface area contributed by atoms with Crippen LogP contribution < -0.4 is 5.32 Å². The van der Waals surface area contributed by atoms with Crippen molar-refractivity contribution in [1.82, 2.24) is 5.32 Å². The molecule has 0 aliphatic heterocycles. The topological polar surface area (TPSA) is 12.0 Å². The predicted molar refractivity (Wildman–Crippen MR) is 72.3 cm³/mol. The summed E-state index contributed by atoms with van der Waals surface area (Å²) in [6.45, 7) is 3.36. The lowest BCUT2D eigenvalue weighted by molar-refractivity contribution is 0.457. The molecule has 0 bridgehead atoms. The smallest absolute Gasteiger partial charge is 0.0931 e. The largest absolute Gasteiger partial charge is 0.309 e. The van der Waals surface area contributed by atoms with E-state index < -0.39 is 0 Å². The number of halogens is 1. The molecule has 16 heavy (non-hydrogen) atoms.